The van der Waals surface area contributed by atoms with E-state index in [0.717, 1.165) is 25.7 Å². The summed E-state index contributed by atoms with van der Waals surface area (Å²) in [5, 5.41) is 6.25. The standard InChI is InChI=1S/C13H15Br3N2O2/c1-2-17-11-6-20-5-8(11)13(19)18-12-9(15)3-7(14)4-10(12)16/h3-4,8,11,17H,2,5-6H2,1H3,(H,18,19). The van der Waals surface area contributed by atoms with E-state index < -0.39 is 0 Å². The molecule has 7 heteroatoms. The molecule has 0 saturated carbocycles. The number of rotatable bonds is 4. The van der Waals surface area contributed by atoms with Crippen molar-refractivity contribution in [1.82, 2.24) is 5.32 Å². The summed E-state index contributed by atoms with van der Waals surface area (Å²) in [4.78, 5) is 12.4. The zero-order valence-electron chi connectivity index (χ0n) is 10.9. The van der Waals surface area contributed by atoms with Crippen LogP contribution in [0.15, 0.2) is 25.6 Å². The first-order chi connectivity index (χ1) is 9.52. The van der Waals surface area contributed by atoms with Crippen molar-refractivity contribution < 1.29 is 9.53 Å². The van der Waals surface area contributed by atoms with E-state index in [0.29, 0.717) is 13.2 Å². The first-order valence-electron chi connectivity index (χ1n) is 6.29. The summed E-state index contributed by atoms with van der Waals surface area (Å²) in [6.07, 6.45) is 0. The molecule has 0 spiro atoms. The van der Waals surface area contributed by atoms with E-state index in [9.17, 15) is 4.79 Å². The summed E-state index contributed by atoms with van der Waals surface area (Å²) in [6, 6.07) is 3.87. The molecule has 2 unspecified atom stereocenters. The number of hydrogen-bond donors (Lipinski definition) is 2. The van der Waals surface area contributed by atoms with Crippen LogP contribution in [-0.2, 0) is 9.53 Å². The van der Waals surface area contributed by atoms with E-state index in [1.807, 2.05) is 19.1 Å². The van der Waals surface area contributed by atoms with Crippen LogP contribution < -0.4 is 10.6 Å². The molecule has 1 aliphatic heterocycles. The van der Waals surface area contributed by atoms with Crippen molar-refractivity contribution in [3.63, 3.8) is 0 Å². The van der Waals surface area contributed by atoms with Gasteiger partial charge in [0.15, 0.2) is 0 Å². The Morgan fingerprint density at radius 3 is 2.55 bits per heavy atom. The van der Waals surface area contributed by atoms with Crippen LogP contribution in [0, 0.1) is 5.92 Å². The van der Waals surface area contributed by atoms with E-state index in [1.54, 1.807) is 0 Å². The Kier molecular flexibility index (Phi) is 6.04. The van der Waals surface area contributed by atoms with Crippen molar-refractivity contribution in [2.45, 2.75) is 13.0 Å². The number of carbonyl (C=O) groups is 1. The Balaban J connectivity index is 2.12. The van der Waals surface area contributed by atoms with Crippen LogP contribution in [-0.4, -0.2) is 31.7 Å². The van der Waals surface area contributed by atoms with Crippen LogP contribution in [0.3, 0.4) is 0 Å². The van der Waals surface area contributed by atoms with Crippen molar-refractivity contribution in [1.29, 1.82) is 0 Å². The van der Waals surface area contributed by atoms with Gasteiger partial charge in [0.2, 0.25) is 5.91 Å². The molecule has 2 atom stereocenters. The number of carbonyl (C=O) groups excluding carboxylic acids is 1. The van der Waals surface area contributed by atoms with Gasteiger partial charge in [-0.2, -0.15) is 0 Å². The molecule has 110 valence electrons. The highest BCUT2D eigenvalue weighted by Crippen LogP contribution is 2.34. The lowest BCUT2D eigenvalue weighted by Crippen LogP contribution is -2.41. The molecule has 1 aliphatic rings. The molecule has 0 aliphatic carbocycles. The van der Waals surface area contributed by atoms with E-state index >= 15 is 0 Å². The Morgan fingerprint density at radius 1 is 1.30 bits per heavy atom. The Morgan fingerprint density at radius 2 is 1.95 bits per heavy atom. The number of halogens is 3. The highest BCUT2D eigenvalue weighted by molar-refractivity contribution is 9.11. The molecule has 1 fully saturated rings. The molecule has 0 aromatic heterocycles. The van der Waals surface area contributed by atoms with Gasteiger partial charge in [0.1, 0.15) is 0 Å². The second-order valence-corrected chi connectivity index (χ2v) is 7.17. The van der Waals surface area contributed by atoms with Crippen LogP contribution >= 0.6 is 47.8 Å². The number of nitrogens with one attached hydrogen (secondary N) is 2. The molecule has 4 nitrogen and oxygen atoms in total. The van der Waals surface area contributed by atoms with Crippen LogP contribution in [0.25, 0.3) is 0 Å². The number of likely N-dealkylation sites (N-methyl/N-ethyl adjacent to an activating group) is 1. The summed E-state index contributed by atoms with van der Waals surface area (Å²) in [6.45, 7) is 3.88. The Bertz CT molecular complexity index is 487. The lowest BCUT2D eigenvalue weighted by Gasteiger charge is -2.19. The molecule has 0 radical (unpaired) electrons. The van der Waals surface area contributed by atoms with E-state index in [1.165, 1.54) is 0 Å². The largest absolute Gasteiger partial charge is 0.379 e. The molecule has 1 saturated heterocycles. The fraction of sp³-hybridized carbons (Fsp3) is 0.462. The van der Waals surface area contributed by atoms with Gasteiger partial charge in [-0.15, -0.1) is 0 Å². The van der Waals surface area contributed by atoms with Crippen LogP contribution in [0.5, 0.6) is 0 Å². The summed E-state index contributed by atoms with van der Waals surface area (Å²) >= 11 is 10.3. The van der Waals surface area contributed by atoms with E-state index in [-0.39, 0.29) is 17.9 Å². The minimum atomic E-state index is -0.169. The quantitative estimate of drug-likeness (QED) is 0.707. The molecule has 0 bridgehead atoms. The normalized spacial score (nSPS) is 22.0. The third kappa shape index (κ3) is 3.82. The smallest absolute Gasteiger partial charge is 0.231 e. The number of amides is 1. The fourth-order valence-corrected chi connectivity index (χ4v) is 4.61. The van der Waals surface area contributed by atoms with Gasteiger partial charge in [-0.25, -0.2) is 0 Å². The predicted octanol–water partition coefficient (Wildman–Crippen LogP) is 3.54. The first-order valence-corrected chi connectivity index (χ1v) is 8.67. The molecule has 2 rings (SSSR count). The summed E-state index contributed by atoms with van der Waals surface area (Å²) in [5.74, 6) is -0.199. The minimum Gasteiger partial charge on any atom is -0.379 e. The van der Waals surface area contributed by atoms with Crippen molar-refractivity contribution in [3.05, 3.63) is 25.6 Å². The van der Waals surface area contributed by atoms with E-state index in [2.05, 4.69) is 58.4 Å². The van der Waals surface area contributed by atoms with Crippen LogP contribution in [0.4, 0.5) is 5.69 Å². The maximum absolute atomic E-state index is 12.4. The molecule has 1 heterocycles. The second-order valence-electron chi connectivity index (χ2n) is 4.54. The molecule has 20 heavy (non-hydrogen) atoms. The Hall–Kier alpha value is 0.0500. The van der Waals surface area contributed by atoms with Gasteiger partial charge in [0, 0.05) is 19.5 Å². The van der Waals surface area contributed by atoms with Gasteiger partial charge >= 0.3 is 0 Å². The highest BCUT2D eigenvalue weighted by Gasteiger charge is 2.33. The lowest BCUT2D eigenvalue weighted by molar-refractivity contribution is -0.120. The van der Waals surface area contributed by atoms with Gasteiger partial charge in [-0.1, -0.05) is 22.9 Å². The number of ether oxygens (including phenoxy) is 1. The molecular weight excluding hydrogens is 456 g/mol. The summed E-state index contributed by atoms with van der Waals surface area (Å²) in [5.41, 5.74) is 0.736. The lowest BCUT2D eigenvalue weighted by atomic mass is 10.0. The summed E-state index contributed by atoms with van der Waals surface area (Å²) in [7, 11) is 0. The fourth-order valence-electron chi connectivity index (χ4n) is 2.15. The van der Waals surface area contributed by atoms with Crippen LogP contribution in [0.2, 0.25) is 0 Å². The average Bonchev–Trinajstić information content (AvgIpc) is 2.82. The zero-order valence-corrected chi connectivity index (χ0v) is 15.6. The van der Waals surface area contributed by atoms with E-state index in [4.69, 9.17) is 4.74 Å². The maximum Gasteiger partial charge on any atom is 0.231 e. The predicted molar refractivity (Wildman–Crippen MR) is 89.9 cm³/mol. The second kappa shape index (κ2) is 7.35. The minimum absolute atomic E-state index is 0.0304. The van der Waals surface area contributed by atoms with Gasteiger partial charge < -0.3 is 15.4 Å². The van der Waals surface area contributed by atoms with Gasteiger partial charge in [-0.05, 0) is 50.5 Å². The topological polar surface area (TPSA) is 50.4 Å². The van der Waals surface area contributed by atoms with Gasteiger partial charge in [0.05, 0.1) is 24.8 Å². The molecular formula is C13H15Br3N2O2. The third-order valence-corrected chi connectivity index (χ3v) is 4.85. The van der Waals surface area contributed by atoms with Crippen molar-refractivity contribution >= 4 is 59.4 Å². The number of benzene rings is 1. The average molecular weight is 471 g/mol. The molecule has 1 aromatic rings. The SMILES string of the molecule is CCNC1COCC1C(=O)Nc1c(Br)cc(Br)cc1Br. The van der Waals surface area contributed by atoms with Gasteiger partial charge in [0.25, 0.3) is 0 Å². The zero-order chi connectivity index (χ0) is 14.7. The molecule has 1 aromatic carbocycles. The first kappa shape index (κ1) is 16.4. The highest BCUT2D eigenvalue weighted by atomic mass is 79.9. The Labute approximate surface area is 143 Å². The van der Waals surface area contributed by atoms with Gasteiger partial charge in [-0.3, -0.25) is 4.79 Å². The monoisotopic (exact) mass is 468 g/mol. The summed E-state index contributed by atoms with van der Waals surface area (Å²) < 4.78 is 7.99. The van der Waals surface area contributed by atoms with Crippen molar-refractivity contribution in [2.75, 3.05) is 25.1 Å². The van der Waals surface area contributed by atoms with Crippen molar-refractivity contribution in [3.8, 4) is 0 Å². The van der Waals surface area contributed by atoms with Crippen LogP contribution in [0.1, 0.15) is 6.92 Å². The molecule has 1 amide bonds. The number of hydrogen-bond acceptors (Lipinski definition) is 3. The number of anilines is 1. The van der Waals surface area contributed by atoms with Crippen molar-refractivity contribution in [2.24, 2.45) is 5.92 Å². The maximum atomic E-state index is 12.4. The molecule has 2 N–H and O–H groups in total. The third-order valence-electron chi connectivity index (χ3n) is 3.14.